The van der Waals surface area contributed by atoms with Gasteiger partial charge in [0, 0.05) is 31.6 Å². The quantitative estimate of drug-likeness (QED) is 0.759. The van der Waals surface area contributed by atoms with Crippen LogP contribution >= 0.6 is 0 Å². The van der Waals surface area contributed by atoms with Crippen molar-refractivity contribution in [2.24, 2.45) is 0 Å². The second kappa shape index (κ2) is 6.84. The van der Waals surface area contributed by atoms with E-state index in [0.29, 0.717) is 13.2 Å². The fourth-order valence-electron chi connectivity index (χ4n) is 2.92. The number of aromatic nitrogens is 2. The van der Waals surface area contributed by atoms with Gasteiger partial charge in [0.25, 0.3) is 5.91 Å². The van der Waals surface area contributed by atoms with Crippen molar-refractivity contribution < 1.29 is 14.3 Å². The van der Waals surface area contributed by atoms with Crippen LogP contribution in [0.2, 0.25) is 0 Å². The highest BCUT2D eigenvalue weighted by molar-refractivity contribution is 6.02. The Kier molecular flexibility index (Phi) is 4.61. The molecule has 0 spiro atoms. The molecule has 7 nitrogen and oxygen atoms in total. The zero-order valence-electron chi connectivity index (χ0n) is 13.8. The number of carbonyl (C=O) groups is 2. The summed E-state index contributed by atoms with van der Waals surface area (Å²) in [6.07, 6.45) is 3.53. The van der Waals surface area contributed by atoms with Gasteiger partial charge in [0.2, 0.25) is 0 Å². The lowest BCUT2D eigenvalue weighted by molar-refractivity contribution is -0.126. The Morgan fingerprint density at radius 1 is 1.25 bits per heavy atom. The first-order valence-corrected chi connectivity index (χ1v) is 7.82. The van der Waals surface area contributed by atoms with E-state index in [4.69, 9.17) is 4.74 Å². The number of carbonyl (C=O) groups excluding carboxylic acids is 2. The second-order valence-corrected chi connectivity index (χ2v) is 5.65. The highest BCUT2D eigenvalue weighted by atomic mass is 16.5. The molecule has 1 unspecified atom stereocenters. The molecule has 1 aliphatic heterocycles. The molecule has 1 aromatic heterocycles. The lowest BCUT2D eigenvalue weighted by Gasteiger charge is -2.25. The smallest absolute Gasteiger partial charge is 0.327 e. The van der Waals surface area contributed by atoms with Crippen molar-refractivity contribution >= 4 is 11.9 Å². The molecule has 126 valence electrons. The van der Waals surface area contributed by atoms with Crippen molar-refractivity contribution in [1.29, 1.82) is 0 Å². The largest absolute Gasteiger partial charge is 0.383 e. The monoisotopic (exact) mass is 328 g/mol. The van der Waals surface area contributed by atoms with Crippen LogP contribution in [0.5, 0.6) is 0 Å². The lowest BCUT2D eigenvalue weighted by atomic mass is 10.0. The van der Waals surface area contributed by atoms with Crippen LogP contribution in [0.3, 0.4) is 0 Å². The zero-order valence-corrected chi connectivity index (χ0v) is 13.8. The first kappa shape index (κ1) is 16.2. The van der Waals surface area contributed by atoms with Gasteiger partial charge in [-0.25, -0.2) is 9.48 Å². The Bertz CT molecular complexity index is 729. The summed E-state index contributed by atoms with van der Waals surface area (Å²) in [5.41, 5.74) is 1.72. The van der Waals surface area contributed by atoms with E-state index in [1.54, 1.807) is 18.0 Å². The van der Waals surface area contributed by atoms with Crippen LogP contribution < -0.4 is 0 Å². The van der Waals surface area contributed by atoms with E-state index in [1.807, 2.05) is 43.5 Å². The molecule has 2 heterocycles. The molecule has 0 N–H and O–H groups in total. The van der Waals surface area contributed by atoms with Crippen LogP contribution in [0.25, 0.3) is 5.69 Å². The molecule has 0 radical (unpaired) electrons. The van der Waals surface area contributed by atoms with Gasteiger partial charge in [-0.15, -0.1) is 0 Å². The number of imide groups is 1. The number of hydrogen-bond donors (Lipinski definition) is 0. The van der Waals surface area contributed by atoms with Gasteiger partial charge in [-0.2, -0.15) is 5.10 Å². The molecular weight excluding hydrogens is 308 g/mol. The van der Waals surface area contributed by atoms with E-state index in [1.165, 1.54) is 9.80 Å². The maximum Gasteiger partial charge on any atom is 0.327 e. The van der Waals surface area contributed by atoms with Crippen LogP contribution in [0.15, 0.2) is 42.7 Å². The zero-order chi connectivity index (χ0) is 17.1. The normalized spacial score (nSPS) is 16.1. The van der Waals surface area contributed by atoms with E-state index < -0.39 is 0 Å². The number of amides is 3. The Morgan fingerprint density at radius 2 is 2.04 bits per heavy atom. The number of para-hydroxylation sites is 1. The van der Waals surface area contributed by atoms with Crippen LogP contribution in [-0.2, 0) is 9.53 Å². The summed E-state index contributed by atoms with van der Waals surface area (Å²) >= 11 is 0. The minimum Gasteiger partial charge on any atom is -0.383 e. The number of ether oxygens (including phenoxy) is 1. The maximum absolute atomic E-state index is 12.6. The van der Waals surface area contributed by atoms with Crippen molar-refractivity contribution in [2.45, 2.75) is 13.0 Å². The summed E-state index contributed by atoms with van der Waals surface area (Å²) in [6, 6.07) is 8.82. The molecule has 1 aromatic carbocycles. The van der Waals surface area contributed by atoms with Crippen molar-refractivity contribution in [1.82, 2.24) is 19.6 Å². The van der Waals surface area contributed by atoms with Gasteiger partial charge in [0.1, 0.15) is 6.54 Å². The molecule has 0 bridgehead atoms. The number of hydrogen-bond acceptors (Lipinski definition) is 4. The second-order valence-electron chi connectivity index (χ2n) is 5.65. The molecule has 0 saturated carbocycles. The van der Waals surface area contributed by atoms with E-state index in [0.717, 1.165) is 11.3 Å². The van der Waals surface area contributed by atoms with Crippen LogP contribution in [0, 0.1) is 0 Å². The molecule has 7 heteroatoms. The topological polar surface area (TPSA) is 67.7 Å². The molecule has 1 saturated heterocycles. The van der Waals surface area contributed by atoms with Gasteiger partial charge in [0.05, 0.1) is 18.3 Å². The molecule has 3 amide bonds. The fourth-order valence-corrected chi connectivity index (χ4v) is 2.92. The maximum atomic E-state index is 12.6. The average Bonchev–Trinajstić information content (AvgIpc) is 3.21. The van der Waals surface area contributed by atoms with E-state index in [2.05, 4.69) is 5.10 Å². The summed E-state index contributed by atoms with van der Waals surface area (Å²) in [5.74, 6) is -0.195. The third-order valence-electron chi connectivity index (χ3n) is 4.16. The molecular formula is C17H20N4O3. The summed E-state index contributed by atoms with van der Waals surface area (Å²) in [4.78, 5) is 27.8. The number of benzene rings is 1. The van der Waals surface area contributed by atoms with Gasteiger partial charge in [-0.1, -0.05) is 18.2 Å². The minimum absolute atomic E-state index is 0.0937. The van der Waals surface area contributed by atoms with E-state index in [9.17, 15) is 9.59 Å². The highest BCUT2D eigenvalue weighted by Crippen LogP contribution is 2.29. The van der Waals surface area contributed by atoms with Gasteiger partial charge in [-0.05, 0) is 19.1 Å². The summed E-state index contributed by atoms with van der Waals surface area (Å²) in [5, 5.41) is 4.25. The van der Waals surface area contributed by atoms with Crippen molar-refractivity contribution in [3.63, 3.8) is 0 Å². The van der Waals surface area contributed by atoms with Crippen molar-refractivity contribution in [3.05, 3.63) is 48.3 Å². The van der Waals surface area contributed by atoms with E-state index >= 15 is 0 Å². The highest BCUT2D eigenvalue weighted by Gasteiger charge is 2.39. The Morgan fingerprint density at radius 3 is 2.75 bits per heavy atom. The molecule has 2 aromatic rings. The third-order valence-corrected chi connectivity index (χ3v) is 4.16. The summed E-state index contributed by atoms with van der Waals surface area (Å²) in [7, 11) is 1.57. The summed E-state index contributed by atoms with van der Waals surface area (Å²) < 4.78 is 6.74. The number of rotatable bonds is 6. The van der Waals surface area contributed by atoms with Gasteiger partial charge < -0.3 is 9.64 Å². The van der Waals surface area contributed by atoms with Crippen LogP contribution in [-0.4, -0.2) is 58.3 Å². The SMILES string of the molecule is COCCN1CC(=O)N(C(C)c2ccccc2-n2cccn2)C1=O. The Hall–Kier alpha value is -2.67. The van der Waals surface area contributed by atoms with E-state index in [-0.39, 0.29) is 24.5 Å². The van der Waals surface area contributed by atoms with Crippen LogP contribution in [0.1, 0.15) is 18.5 Å². The lowest BCUT2D eigenvalue weighted by Crippen LogP contribution is -2.36. The molecule has 1 fully saturated rings. The minimum atomic E-state index is -0.377. The van der Waals surface area contributed by atoms with Gasteiger partial charge in [-0.3, -0.25) is 9.69 Å². The third kappa shape index (κ3) is 2.90. The number of nitrogens with zero attached hydrogens (tertiary/aromatic N) is 4. The average molecular weight is 328 g/mol. The Labute approximate surface area is 140 Å². The molecule has 0 aliphatic carbocycles. The van der Waals surface area contributed by atoms with Crippen molar-refractivity contribution in [3.8, 4) is 5.69 Å². The predicted octanol–water partition coefficient (Wildman–Crippen LogP) is 1.84. The molecule has 1 aliphatic rings. The van der Waals surface area contributed by atoms with Gasteiger partial charge in [0.15, 0.2) is 0 Å². The molecule has 24 heavy (non-hydrogen) atoms. The standard InChI is InChI=1S/C17H20N4O3/c1-13(21-16(22)12-19(17(21)23)10-11-24-2)14-6-3-4-7-15(14)20-9-5-8-18-20/h3-9,13H,10-12H2,1-2H3. The van der Waals surface area contributed by atoms with Gasteiger partial charge >= 0.3 is 6.03 Å². The first-order chi connectivity index (χ1) is 11.6. The first-order valence-electron chi connectivity index (χ1n) is 7.82. The fraction of sp³-hybridized carbons (Fsp3) is 0.353. The summed E-state index contributed by atoms with van der Waals surface area (Å²) in [6.45, 7) is 2.77. The van der Waals surface area contributed by atoms with Crippen LogP contribution in [0.4, 0.5) is 4.79 Å². The number of methoxy groups -OCH3 is 1. The number of urea groups is 1. The van der Waals surface area contributed by atoms with Crippen molar-refractivity contribution in [2.75, 3.05) is 26.8 Å². The molecule has 1 atom stereocenters. The predicted molar refractivity (Wildman–Crippen MR) is 87.7 cm³/mol. The molecule has 3 rings (SSSR count). The Balaban J connectivity index is 1.89.